The molecule has 0 bridgehead atoms. The van der Waals surface area contributed by atoms with E-state index in [1.54, 1.807) is 18.2 Å². The van der Waals surface area contributed by atoms with E-state index in [2.05, 4.69) is 0 Å². The van der Waals surface area contributed by atoms with Crippen molar-refractivity contribution in [3.05, 3.63) is 30.3 Å². The van der Waals surface area contributed by atoms with Crippen LogP contribution in [0.1, 0.15) is 6.42 Å². The Kier molecular flexibility index (Phi) is 7.75. The van der Waals surface area contributed by atoms with Gasteiger partial charge in [-0.1, -0.05) is 18.2 Å². The van der Waals surface area contributed by atoms with E-state index in [1.165, 1.54) is 12.1 Å². The van der Waals surface area contributed by atoms with Crippen molar-refractivity contribution in [2.45, 2.75) is 6.42 Å². The average Bonchev–Trinajstić information content (AvgIpc) is 2.29. The molecule has 0 aliphatic carbocycles. The minimum Gasteiger partial charge on any atom is -0.481 e. The van der Waals surface area contributed by atoms with E-state index < -0.39 is 22.0 Å². The fourth-order valence-electron chi connectivity index (χ4n) is 1.04. The van der Waals surface area contributed by atoms with Crippen LogP contribution in [-0.2, 0) is 13.9 Å². The molecular weight excluding hydrogens is 266 g/mol. The van der Waals surface area contributed by atoms with Crippen LogP contribution in [-0.4, -0.2) is 27.0 Å². The maximum atomic E-state index is 11.6. The SMILES string of the molecule is O=C(O)CCP(=O)(O)c1ccccc1.O=[PH2]O. The number of carbonyl (C=O) groups is 1. The highest BCUT2D eigenvalue weighted by molar-refractivity contribution is 7.66. The van der Waals surface area contributed by atoms with Crippen molar-refractivity contribution >= 4 is 27.3 Å². The molecule has 0 aliphatic heterocycles. The van der Waals surface area contributed by atoms with Crippen LogP contribution >= 0.6 is 16.1 Å². The van der Waals surface area contributed by atoms with Crippen LogP contribution in [0.5, 0.6) is 0 Å². The second kappa shape index (κ2) is 8.20. The Morgan fingerprint density at radius 2 is 1.76 bits per heavy atom. The molecule has 8 heteroatoms. The van der Waals surface area contributed by atoms with E-state index in [-0.39, 0.29) is 12.6 Å². The van der Waals surface area contributed by atoms with E-state index in [1.807, 2.05) is 0 Å². The van der Waals surface area contributed by atoms with Gasteiger partial charge in [-0.05, 0) is 12.1 Å². The first kappa shape index (κ1) is 16.1. The van der Waals surface area contributed by atoms with E-state index in [0.29, 0.717) is 5.30 Å². The van der Waals surface area contributed by atoms with Gasteiger partial charge < -0.3 is 14.9 Å². The Bertz CT molecular complexity index is 405. The molecule has 0 fully saturated rings. The summed E-state index contributed by atoms with van der Waals surface area (Å²) in [6.07, 6.45) is -0.505. The van der Waals surface area contributed by atoms with Gasteiger partial charge in [-0.2, -0.15) is 0 Å². The molecule has 1 aromatic carbocycles. The second-order valence-electron chi connectivity index (χ2n) is 3.01. The Morgan fingerprint density at radius 3 is 2.18 bits per heavy atom. The largest absolute Gasteiger partial charge is 0.481 e. The molecule has 96 valence electrons. The van der Waals surface area contributed by atoms with E-state index in [0.717, 1.165) is 0 Å². The lowest BCUT2D eigenvalue weighted by Crippen LogP contribution is -2.09. The van der Waals surface area contributed by atoms with Gasteiger partial charge in [-0.3, -0.25) is 13.9 Å². The normalized spacial score (nSPS) is 13.8. The maximum absolute atomic E-state index is 11.6. The summed E-state index contributed by atoms with van der Waals surface area (Å²) in [5.74, 6) is -1.06. The zero-order valence-electron chi connectivity index (χ0n) is 8.89. The molecule has 1 rings (SSSR count). The van der Waals surface area contributed by atoms with Crippen molar-refractivity contribution in [2.75, 3.05) is 6.16 Å². The molecular formula is C9H14O6P2. The highest BCUT2D eigenvalue weighted by atomic mass is 31.2. The fourth-order valence-corrected chi connectivity index (χ4v) is 2.43. The zero-order chi connectivity index (χ0) is 13.3. The number of hydrogen-bond acceptors (Lipinski definition) is 3. The van der Waals surface area contributed by atoms with Crippen LogP contribution in [0.3, 0.4) is 0 Å². The molecule has 0 radical (unpaired) electrons. The van der Waals surface area contributed by atoms with Crippen LogP contribution in [0.15, 0.2) is 30.3 Å². The van der Waals surface area contributed by atoms with Gasteiger partial charge in [-0.25, -0.2) is 0 Å². The number of carboxylic acids is 1. The monoisotopic (exact) mass is 280 g/mol. The summed E-state index contributed by atoms with van der Waals surface area (Å²) in [4.78, 5) is 26.9. The van der Waals surface area contributed by atoms with Crippen LogP contribution in [0.25, 0.3) is 0 Å². The molecule has 1 aromatic rings. The molecule has 0 amide bonds. The van der Waals surface area contributed by atoms with Gasteiger partial charge in [0.05, 0.1) is 6.42 Å². The Hall–Kier alpha value is -0.930. The average molecular weight is 280 g/mol. The highest BCUT2D eigenvalue weighted by Gasteiger charge is 2.21. The van der Waals surface area contributed by atoms with Crippen molar-refractivity contribution in [3.8, 4) is 0 Å². The minimum atomic E-state index is -3.48. The number of carboxylic acid groups (broad SMARTS) is 1. The Balaban J connectivity index is 0.000000770. The van der Waals surface area contributed by atoms with Crippen LogP contribution < -0.4 is 5.30 Å². The van der Waals surface area contributed by atoms with Crippen molar-refractivity contribution in [1.82, 2.24) is 0 Å². The first-order valence-electron chi connectivity index (χ1n) is 4.61. The third kappa shape index (κ3) is 7.08. The standard InChI is InChI=1S/C9H11O4P.H3O2P/c10-9(11)6-7-14(12,13)8-4-2-1-3-5-8;1-3-2/h1-5H,6-7H2,(H,10,11)(H,12,13);3H2,(H,1,2). The molecule has 2 atom stereocenters. The number of rotatable bonds is 4. The van der Waals surface area contributed by atoms with E-state index in [4.69, 9.17) is 14.6 Å². The molecule has 0 saturated carbocycles. The van der Waals surface area contributed by atoms with Gasteiger partial charge >= 0.3 is 5.97 Å². The van der Waals surface area contributed by atoms with Gasteiger partial charge in [0.15, 0.2) is 8.69 Å². The second-order valence-corrected chi connectivity index (χ2v) is 5.59. The third-order valence-electron chi connectivity index (χ3n) is 1.79. The van der Waals surface area contributed by atoms with Crippen molar-refractivity contribution in [2.24, 2.45) is 0 Å². The van der Waals surface area contributed by atoms with Gasteiger partial charge in [0.2, 0.25) is 7.37 Å². The van der Waals surface area contributed by atoms with E-state index >= 15 is 0 Å². The first-order valence-corrected chi connectivity index (χ1v) is 7.44. The lowest BCUT2D eigenvalue weighted by molar-refractivity contribution is -0.136. The molecule has 6 nitrogen and oxygen atoms in total. The van der Waals surface area contributed by atoms with Crippen LogP contribution in [0, 0.1) is 0 Å². The summed E-state index contributed by atoms with van der Waals surface area (Å²) in [5, 5.41) is 8.70. The number of hydrogen-bond donors (Lipinski definition) is 3. The van der Waals surface area contributed by atoms with Crippen LogP contribution in [0.4, 0.5) is 0 Å². The summed E-state index contributed by atoms with van der Waals surface area (Å²) >= 11 is 0. The molecule has 0 heterocycles. The predicted octanol–water partition coefficient (Wildman–Crippen LogP) is 0.707. The van der Waals surface area contributed by atoms with E-state index in [9.17, 15) is 14.3 Å². The van der Waals surface area contributed by atoms with Gasteiger partial charge in [-0.15, -0.1) is 0 Å². The molecule has 3 N–H and O–H groups in total. The van der Waals surface area contributed by atoms with Crippen molar-refractivity contribution in [3.63, 3.8) is 0 Å². The topological polar surface area (TPSA) is 112 Å². The lowest BCUT2D eigenvalue weighted by Gasteiger charge is -2.09. The quantitative estimate of drug-likeness (QED) is 0.700. The smallest absolute Gasteiger partial charge is 0.303 e. The molecule has 0 aromatic heterocycles. The minimum absolute atomic E-state index is 0.216. The highest BCUT2D eigenvalue weighted by Crippen LogP contribution is 2.39. The summed E-state index contributed by atoms with van der Waals surface area (Å²) in [6, 6.07) is 8.10. The van der Waals surface area contributed by atoms with Crippen molar-refractivity contribution < 1.29 is 28.8 Å². The number of aliphatic carboxylic acids is 1. The molecule has 17 heavy (non-hydrogen) atoms. The predicted molar refractivity (Wildman–Crippen MR) is 65.6 cm³/mol. The third-order valence-corrected chi connectivity index (χ3v) is 3.72. The summed E-state index contributed by atoms with van der Waals surface area (Å²) < 4.78 is 20.2. The first-order chi connectivity index (χ1) is 7.94. The summed E-state index contributed by atoms with van der Waals surface area (Å²) in [6.45, 7) is 0. The Labute approximate surface area is 99.7 Å². The van der Waals surface area contributed by atoms with Gasteiger partial charge in [0.1, 0.15) is 0 Å². The number of benzene rings is 1. The fraction of sp³-hybridized carbons (Fsp3) is 0.222. The lowest BCUT2D eigenvalue weighted by atomic mass is 10.4. The summed E-state index contributed by atoms with van der Waals surface area (Å²) in [5.41, 5.74) is 0. The molecule has 2 unspecified atom stereocenters. The Morgan fingerprint density at radius 1 is 1.29 bits per heavy atom. The summed E-state index contributed by atoms with van der Waals surface area (Å²) in [7, 11) is -4.98. The zero-order valence-corrected chi connectivity index (χ0v) is 10.9. The molecule has 0 saturated heterocycles. The van der Waals surface area contributed by atoms with Crippen LogP contribution in [0.2, 0.25) is 0 Å². The maximum Gasteiger partial charge on any atom is 0.303 e. The van der Waals surface area contributed by atoms with Gasteiger partial charge in [0.25, 0.3) is 0 Å². The van der Waals surface area contributed by atoms with Crippen molar-refractivity contribution in [1.29, 1.82) is 0 Å². The van der Waals surface area contributed by atoms with Gasteiger partial charge in [0, 0.05) is 11.5 Å². The molecule has 0 spiro atoms. The molecule has 0 aliphatic rings.